The van der Waals surface area contributed by atoms with Gasteiger partial charge in [-0.2, -0.15) is 0 Å². The SMILES string of the molecule is COc1c(C)c2c(c(O)c1C/C=N\O)C(=O)OC2. The Balaban J connectivity index is 2.68. The van der Waals surface area contributed by atoms with Gasteiger partial charge in [0.2, 0.25) is 0 Å². The minimum absolute atomic E-state index is 0.137. The Labute approximate surface area is 103 Å². The summed E-state index contributed by atoms with van der Waals surface area (Å²) >= 11 is 0. The van der Waals surface area contributed by atoms with Gasteiger partial charge in [0.25, 0.3) is 0 Å². The summed E-state index contributed by atoms with van der Waals surface area (Å²) in [6.07, 6.45) is 1.37. The molecule has 0 saturated carbocycles. The summed E-state index contributed by atoms with van der Waals surface area (Å²) in [7, 11) is 1.48. The number of rotatable bonds is 3. The number of phenols is 1. The van der Waals surface area contributed by atoms with Crippen LogP contribution in [0.1, 0.15) is 27.0 Å². The van der Waals surface area contributed by atoms with E-state index in [9.17, 15) is 9.90 Å². The number of methoxy groups -OCH3 is 1. The second kappa shape index (κ2) is 4.56. The van der Waals surface area contributed by atoms with Gasteiger partial charge in [0.05, 0.1) is 7.11 Å². The average molecular weight is 251 g/mol. The fraction of sp³-hybridized carbons (Fsp3) is 0.333. The molecule has 1 aromatic carbocycles. The molecular formula is C12H13NO5. The molecule has 1 heterocycles. The van der Waals surface area contributed by atoms with Crippen molar-refractivity contribution < 1.29 is 24.6 Å². The van der Waals surface area contributed by atoms with E-state index in [2.05, 4.69) is 5.16 Å². The monoisotopic (exact) mass is 251 g/mol. The van der Waals surface area contributed by atoms with Gasteiger partial charge in [-0.1, -0.05) is 0 Å². The van der Waals surface area contributed by atoms with Crippen LogP contribution in [0.3, 0.4) is 0 Å². The van der Waals surface area contributed by atoms with Crippen LogP contribution >= 0.6 is 0 Å². The van der Waals surface area contributed by atoms with Gasteiger partial charge in [-0.25, -0.2) is 4.79 Å². The van der Waals surface area contributed by atoms with E-state index in [1.807, 2.05) is 0 Å². The molecule has 0 bridgehead atoms. The number of phenolic OH excluding ortho intramolecular Hbond substituents is 1. The van der Waals surface area contributed by atoms with Gasteiger partial charge >= 0.3 is 5.97 Å². The molecule has 96 valence electrons. The van der Waals surface area contributed by atoms with Crippen LogP contribution in [0.25, 0.3) is 0 Å². The van der Waals surface area contributed by atoms with Crippen molar-refractivity contribution in [2.45, 2.75) is 20.0 Å². The minimum Gasteiger partial charge on any atom is -0.507 e. The Kier molecular flexibility index (Phi) is 3.10. The zero-order valence-corrected chi connectivity index (χ0v) is 10.1. The number of nitrogens with zero attached hydrogens (tertiary/aromatic N) is 1. The molecule has 0 radical (unpaired) electrons. The van der Waals surface area contributed by atoms with E-state index in [4.69, 9.17) is 14.7 Å². The number of cyclic esters (lactones) is 1. The van der Waals surface area contributed by atoms with Gasteiger partial charge < -0.3 is 19.8 Å². The molecule has 6 nitrogen and oxygen atoms in total. The maximum Gasteiger partial charge on any atom is 0.342 e. The van der Waals surface area contributed by atoms with Crippen molar-refractivity contribution in [3.63, 3.8) is 0 Å². The highest BCUT2D eigenvalue weighted by molar-refractivity contribution is 5.98. The predicted molar refractivity (Wildman–Crippen MR) is 62.5 cm³/mol. The number of fused-ring (bicyclic) bond motifs is 1. The smallest absolute Gasteiger partial charge is 0.342 e. The van der Waals surface area contributed by atoms with Crippen LogP contribution in [0.2, 0.25) is 0 Å². The Morgan fingerprint density at radius 3 is 2.89 bits per heavy atom. The lowest BCUT2D eigenvalue weighted by Gasteiger charge is -2.15. The Morgan fingerprint density at radius 1 is 1.56 bits per heavy atom. The summed E-state index contributed by atoms with van der Waals surface area (Å²) in [5, 5.41) is 21.5. The predicted octanol–water partition coefficient (Wildman–Crippen LogP) is 1.38. The van der Waals surface area contributed by atoms with Crippen molar-refractivity contribution >= 4 is 12.2 Å². The van der Waals surface area contributed by atoms with Crippen LogP contribution in [-0.4, -0.2) is 29.6 Å². The number of esters is 1. The van der Waals surface area contributed by atoms with E-state index >= 15 is 0 Å². The molecule has 0 fully saturated rings. The third-order valence-electron chi connectivity index (χ3n) is 3.02. The van der Waals surface area contributed by atoms with Crippen LogP contribution in [0, 0.1) is 6.92 Å². The van der Waals surface area contributed by atoms with Gasteiger partial charge in [-0.05, 0) is 12.5 Å². The quantitative estimate of drug-likeness (QED) is 0.366. The third-order valence-corrected chi connectivity index (χ3v) is 3.02. The fourth-order valence-electron chi connectivity index (χ4n) is 2.16. The molecule has 0 spiro atoms. The molecule has 0 aromatic heterocycles. The maximum atomic E-state index is 11.6. The largest absolute Gasteiger partial charge is 0.507 e. The summed E-state index contributed by atoms with van der Waals surface area (Å²) in [6, 6.07) is 0. The number of carbonyl (C=O) groups excluding carboxylic acids is 1. The van der Waals surface area contributed by atoms with Crippen molar-refractivity contribution in [2.75, 3.05) is 7.11 Å². The third kappa shape index (κ3) is 1.66. The lowest BCUT2D eigenvalue weighted by molar-refractivity contribution is 0.0533. The van der Waals surface area contributed by atoms with Gasteiger partial charge in [0, 0.05) is 23.8 Å². The van der Waals surface area contributed by atoms with E-state index in [1.165, 1.54) is 13.3 Å². The van der Waals surface area contributed by atoms with Gasteiger partial charge in [-0.15, -0.1) is 5.16 Å². The molecule has 0 unspecified atom stereocenters. The van der Waals surface area contributed by atoms with E-state index in [0.29, 0.717) is 16.9 Å². The van der Waals surface area contributed by atoms with Crippen LogP contribution in [0.5, 0.6) is 11.5 Å². The molecule has 18 heavy (non-hydrogen) atoms. The van der Waals surface area contributed by atoms with Crippen LogP contribution < -0.4 is 4.74 Å². The van der Waals surface area contributed by atoms with Crippen molar-refractivity contribution in [3.05, 3.63) is 22.3 Å². The highest BCUT2D eigenvalue weighted by Gasteiger charge is 2.31. The summed E-state index contributed by atoms with van der Waals surface area (Å²) in [5.74, 6) is -0.241. The zero-order chi connectivity index (χ0) is 13.3. The van der Waals surface area contributed by atoms with E-state index in [-0.39, 0.29) is 24.3 Å². The topological polar surface area (TPSA) is 88.4 Å². The van der Waals surface area contributed by atoms with E-state index in [0.717, 1.165) is 5.56 Å². The first-order chi connectivity index (χ1) is 8.61. The molecule has 1 aliphatic rings. The molecular weight excluding hydrogens is 238 g/mol. The van der Waals surface area contributed by atoms with Gasteiger partial charge in [-0.3, -0.25) is 0 Å². The Morgan fingerprint density at radius 2 is 2.28 bits per heavy atom. The molecule has 0 aliphatic carbocycles. The summed E-state index contributed by atoms with van der Waals surface area (Å²) in [5.41, 5.74) is 1.97. The Bertz CT molecular complexity index is 536. The Hall–Kier alpha value is -2.24. The normalized spacial score (nSPS) is 13.8. The number of hydrogen-bond acceptors (Lipinski definition) is 6. The van der Waals surface area contributed by atoms with Gasteiger partial charge in [0.1, 0.15) is 23.7 Å². The summed E-state index contributed by atoms with van der Waals surface area (Å²) in [4.78, 5) is 11.6. The van der Waals surface area contributed by atoms with Crippen molar-refractivity contribution in [1.29, 1.82) is 0 Å². The first-order valence-corrected chi connectivity index (χ1v) is 5.36. The first-order valence-electron chi connectivity index (χ1n) is 5.36. The zero-order valence-electron chi connectivity index (χ0n) is 10.1. The molecule has 0 atom stereocenters. The summed E-state index contributed by atoms with van der Waals surface area (Å²) < 4.78 is 10.2. The lowest BCUT2D eigenvalue weighted by Crippen LogP contribution is -2.03. The summed E-state index contributed by atoms with van der Waals surface area (Å²) in [6.45, 7) is 1.93. The number of oxime groups is 1. The molecule has 6 heteroatoms. The van der Waals surface area contributed by atoms with Crippen molar-refractivity contribution in [1.82, 2.24) is 0 Å². The minimum atomic E-state index is -0.546. The number of hydrogen-bond donors (Lipinski definition) is 2. The molecule has 1 aromatic rings. The molecule has 2 N–H and O–H groups in total. The van der Waals surface area contributed by atoms with Crippen LogP contribution in [-0.2, 0) is 17.8 Å². The number of ether oxygens (including phenoxy) is 2. The van der Waals surface area contributed by atoms with Crippen LogP contribution in [0.4, 0.5) is 0 Å². The lowest BCUT2D eigenvalue weighted by atomic mass is 9.96. The molecule has 0 saturated heterocycles. The second-order valence-corrected chi connectivity index (χ2v) is 3.92. The van der Waals surface area contributed by atoms with E-state index in [1.54, 1.807) is 6.92 Å². The fourth-order valence-corrected chi connectivity index (χ4v) is 2.16. The standard InChI is InChI=1S/C12H13NO5/c1-6-8-5-18-12(15)9(8)10(14)7(3-4-13-16)11(6)17-2/h4,14,16H,3,5H2,1-2H3/b13-4-. The second-order valence-electron chi connectivity index (χ2n) is 3.92. The highest BCUT2D eigenvalue weighted by Crippen LogP contribution is 2.41. The molecule has 0 amide bonds. The van der Waals surface area contributed by atoms with Crippen molar-refractivity contribution in [3.8, 4) is 11.5 Å². The maximum absolute atomic E-state index is 11.6. The van der Waals surface area contributed by atoms with Gasteiger partial charge in [0.15, 0.2) is 0 Å². The van der Waals surface area contributed by atoms with Crippen LogP contribution in [0.15, 0.2) is 5.16 Å². The average Bonchev–Trinajstić information content (AvgIpc) is 2.74. The number of carbonyl (C=O) groups is 1. The number of benzene rings is 1. The van der Waals surface area contributed by atoms with Crippen molar-refractivity contribution in [2.24, 2.45) is 5.16 Å². The molecule has 1 aliphatic heterocycles. The molecule has 2 rings (SSSR count). The highest BCUT2D eigenvalue weighted by atomic mass is 16.5. The number of aromatic hydroxyl groups is 1. The first kappa shape index (κ1) is 12.2. The van der Waals surface area contributed by atoms with E-state index < -0.39 is 5.97 Å².